The number of amides is 1. The van der Waals surface area contributed by atoms with Crippen LogP contribution in [0.4, 0.5) is 11.5 Å². The Kier molecular flexibility index (Phi) is 6.47. The minimum Gasteiger partial charge on any atom is -0.367 e. The average molecular weight is 358 g/mol. The fraction of sp³-hybridized carbons (Fsp3) is 0.650. The van der Waals surface area contributed by atoms with Crippen LogP contribution in [0.2, 0.25) is 0 Å². The molecular weight excluding hydrogens is 326 g/mol. The lowest BCUT2D eigenvalue weighted by Gasteiger charge is -2.34. The first-order chi connectivity index (χ1) is 12.6. The number of hydrogen-bond donors (Lipinski definition) is 1. The lowest BCUT2D eigenvalue weighted by Crippen LogP contribution is -2.41. The Labute approximate surface area is 156 Å². The van der Waals surface area contributed by atoms with Crippen molar-refractivity contribution in [3.05, 3.63) is 24.2 Å². The maximum absolute atomic E-state index is 12.5. The van der Waals surface area contributed by atoms with Crippen molar-refractivity contribution in [3.63, 3.8) is 0 Å². The standard InChI is InChI=1S/C20H31N5O/c1-24(2)19-18(14-21-15-23-19)25-12-9-17(10-13-25)20(26)22-11-8-16-6-4-3-5-7-16/h6,14-15,17H,3-5,7-13H2,1-2H3,(H,22,26). The van der Waals surface area contributed by atoms with Crippen molar-refractivity contribution in [2.75, 3.05) is 43.5 Å². The third-order valence-electron chi connectivity index (χ3n) is 5.43. The topological polar surface area (TPSA) is 61.4 Å². The molecule has 6 heteroatoms. The molecule has 1 aliphatic carbocycles. The predicted molar refractivity (Wildman–Crippen MR) is 105 cm³/mol. The van der Waals surface area contributed by atoms with Gasteiger partial charge in [-0.2, -0.15) is 0 Å². The molecule has 0 aromatic carbocycles. The summed E-state index contributed by atoms with van der Waals surface area (Å²) in [6, 6.07) is 0. The summed E-state index contributed by atoms with van der Waals surface area (Å²) in [5, 5.41) is 3.15. The third-order valence-corrected chi connectivity index (χ3v) is 5.43. The van der Waals surface area contributed by atoms with Crippen molar-refractivity contribution >= 4 is 17.4 Å². The van der Waals surface area contributed by atoms with E-state index in [4.69, 9.17) is 0 Å². The van der Waals surface area contributed by atoms with E-state index in [1.807, 2.05) is 25.2 Å². The highest BCUT2D eigenvalue weighted by atomic mass is 16.1. The molecule has 0 spiro atoms. The number of carbonyl (C=O) groups is 1. The fourth-order valence-electron chi connectivity index (χ4n) is 3.89. The Morgan fingerprint density at radius 3 is 2.81 bits per heavy atom. The molecule has 3 rings (SSSR count). The first kappa shape index (κ1) is 18.7. The zero-order chi connectivity index (χ0) is 18.4. The summed E-state index contributed by atoms with van der Waals surface area (Å²) in [6.07, 6.45) is 13.6. The minimum atomic E-state index is 0.124. The number of carbonyl (C=O) groups excluding carboxylic acids is 1. The van der Waals surface area contributed by atoms with Gasteiger partial charge in [0.1, 0.15) is 6.33 Å². The van der Waals surface area contributed by atoms with Crippen LogP contribution in [0, 0.1) is 5.92 Å². The summed E-state index contributed by atoms with van der Waals surface area (Å²) in [7, 11) is 3.99. The highest BCUT2D eigenvalue weighted by Gasteiger charge is 2.26. The maximum atomic E-state index is 12.5. The van der Waals surface area contributed by atoms with E-state index in [-0.39, 0.29) is 11.8 Å². The zero-order valence-electron chi connectivity index (χ0n) is 16.1. The zero-order valence-corrected chi connectivity index (χ0v) is 16.1. The molecule has 1 saturated heterocycles. The first-order valence-corrected chi connectivity index (χ1v) is 9.83. The molecule has 0 atom stereocenters. The Morgan fingerprint density at radius 1 is 1.31 bits per heavy atom. The van der Waals surface area contributed by atoms with Crippen LogP contribution in [0.25, 0.3) is 0 Å². The van der Waals surface area contributed by atoms with Crippen LogP contribution in [0.1, 0.15) is 44.9 Å². The number of nitrogens with zero attached hydrogens (tertiary/aromatic N) is 4. The smallest absolute Gasteiger partial charge is 0.223 e. The van der Waals surface area contributed by atoms with Crippen LogP contribution in [0.3, 0.4) is 0 Å². The van der Waals surface area contributed by atoms with E-state index in [0.717, 1.165) is 50.4 Å². The largest absolute Gasteiger partial charge is 0.367 e. The Balaban J connectivity index is 1.46. The molecule has 0 saturated carbocycles. The molecule has 6 nitrogen and oxygen atoms in total. The number of rotatable bonds is 6. The summed E-state index contributed by atoms with van der Waals surface area (Å²) in [6.45, 7) is 2.52. The van der Waals surface area contributed by atoms with Gasteiger partial charge in [0.2, 0.25) is 5.91 Å². The number of piperidine rings is 1. The van der Waals surface area contributed by atoms with Gasteiger partial charge in [0.25, 0.3) is 0 Å². The van der Waals surface area contributed by atoms with Crippen LogP contribution in [0.5, 0.6) is 0 Å². The lowest BCUT2D eigenvalue weighted by atomic mass is 9.95. The van der Waals surface area contributed by atoms with Crippen LogP contribution in [-0.2, 0) is 4.79 Å². The van der Waals surface area contributed by atoms with E-state index < -0.39 is 0 Å². The lowest BCUT2D eigenvalue weighted by molar-refractivity contribution is -0.125. The average Bonchev–Trinajstić information content (AvgIpc) is 2.69. The summed E-state index contributed by atoms with van der Waals surface area (Å²) in [4.78, 5) is 25.3. The molecule has 0 bridgehead atoms. The van der Waals surface area contributed by atoms with E-state index in [0.29, 0.717) is 0 Å². The van der Waals surface area contributed by atoms with E-state index >= 15 is 0 Å². The Hall–Kier alpha value is -2.11. The molecular formula is C20H31N5O. The van der Waals surface area contributed by atoms with Crippen LogP contribution in [-0.4, -0.2) is 49.6 Å². The number of nitrogens with one attached hydrogen (secondary N) is 1. The van der Waals surface area contributed by atoms with E-state index in [1.165, 1.54) is 31.3 Å². The molecule has 1 N–H and O–H groups in total. The van der Waals surface area contributed by atoms with Crippen molar-refractivity contribution in [2.24, 2.45) is 5.92 Å². The Morgan fingerprint density at radius 2 is 2.12 bits per heavy atom. The highest BCUT2D eigenvalue weighted by molar-refractivity contribution is 5.79. The van der Waals surface area contributed by atoms with Gasteiger partial charge in [-0.15, -0.1) is 0 Å². The number of hydrogen-bond acceptors (Lipinski definition) is 5. The van der Waals surface area contributed by atoms with Crippen molar-refractivity contribution < 1.29 is 4.79 Å². The molecule has 142 valence electrons. The van der Waals surface area contributed by atoms with Crippen molar-refractivity contribution in [3.8, 4) is 0 Å². The highest BCUT2D eigenvalue weighted by Crippen LogP contribution is 2.29. The van der Waals surface area contributed by atoms with Gasteiger partial charge in [0.15, 0.2) is 5.82 Å². The Bertz CT molecular complexity index is 635. The number of allylic oxidation sites excluding steroid dienone is 1. The third kappa shape index (κ3) is 4.74. The second-order valence-electron chi connectivity index (χ2n) is 7.54. The molecule has 1 aliphatic heterocycles. The summed E-state index contributed by atoms with van der Waals surface area (Å²) >= 11 is 0. The maximum Gasteiger partial charge on any atom is 0.223 e. The molecule has 2 heterocycles. The van der Waals surface area contributed by atoms with Crippen molar-refractivity contribution in [1.82, 2.24) is 15.3 Å². The molecule has 1 aromatic heterocycles. The normalized spacial score (nSPS) is 18.4. The predicted octanol–water partition coefficient (Wildman–Crippen LogP) is 2.77. The SMILES string of the molecule is CN(C)c1ncncc1N1CCC(C(=O)NCCC2=CCCCC2)CC1. The van der Waals surface area contributed by atoms with Gasteiger partial charge in [-0.3, -0.25) is 4.79 Å². The van der Waals surface area contributed by atoms with Gasteiger partial charge in [0, 0.05) is 39.6 Å². The van der Waals surface area contributed by atoms with Gasteiger partial charge in [-0.1, -0.05) is 11.6 Å². The molecule has 1 fully saturated rings. The molecule has 2 aliphatic rings. The van der Waals surface area contributed by atoms with Gasteiger partial charge < -0.3 is 15.1 Å². The van der Waals surface area contributed by atoms with Gasteiger partial charge >= 0.3 is 0 Å². The van der Waals surface area contributed by atoms with Crippen LogP contribution in [0.15, 0.2) is 24.2 Å². The fourth-order valence-corrected chi connectivity index (χ4v) is 3.89. The molecule has 26 heavy (non-hydrogen) atoms. The van der Waals surface area contributed by atoms with Crippen molar-refractivity contribution in [2.45, 2.75) is 44.9 Å². The number of aromatic nitrogens is 2. The summed E-state index contributed by atoms with van der Waals surface area (Å²) < 4.78 is 0. The first-order valence-electron chi connectivity index (χ1n) is 9.83. The van der Waals surface area contributed by atoms with Gasteiger partial charge in [-0.05, 0) is 44.9 Å². The minimum absolute atomic E-state index is 0.124. The molecule has 0 radical (unpaired) electrons. The van der Waals surface area contributed by atoms with E-state index in [9.17, 15) is 4.79 Å². The quantitative estimate of drug-likeness (QED) is 0.793. The van der Waals surface area contributed by atoms with Crippen molar-refractivity contribution in [1.29, 1.82) is 0 Å². The van der Waals surface area contributed by atoms with Gasteiger partial charge in [0.05, 0.1) is 11.9 Å². The number of anilines is 2. The molecule has 0 unspecified atom stereocenters. The van der Waals surface area contributed by atoms with E-state index in [2.05, 4.69) is 26.3 Å². The molecule has 1 aromatic rings. The monoisotopic (exact) mass is 357 g/mol. The second kappa shape index (κ2) is 9.01. The van der Waals surface area contributed by atoms with Crippen LogP contribution < -0.4 is 15.1 Å². The second-order valence-corrected chi connectivity index (χ2v) is 7.54. The van der Waals surface area contributed by atoms with E-state index in [1.54, 1.807) is 6.33 Å². The summed E-state index contributed by atoms with van der Waals surface area (Å²) in [5.41, 5.74) is 2.58. The summed E-state index contributed by atoms with van der Waals surface area (Å²) in [5.74, 6) is 1.28. The van der Waals surface area contributed by atoms with Gasteiger partial charge in [-0.25, -0.2) is 9.97 Å². The molecule has 1 amide bonds. The van der Waals surface area contributed by atoms with Crippen LogP contribution >= 0.6 is 0 Å².